The van der Waals surface area contributed by atoms with E-state index >= 15 is 0 Å². The van der Waals surface area contributed by atoms with Crippen molar-refractivity contribution < 1.29 is 9.53 Å². The molecule has 6 heteroatoms. The minimum Gasteiger partial charge on any atom is -0.444 e. The van der Waals surface area contributed by atoms with Crippen LogP contribution in [0.4, 0.5) is 4.79 Å². The Morgan fingerprint density at radius 3 is 2.43 bits per heavy atom. The lowest BCUT2D eigenvalue weighted by Crippen LogP contribution is -2.40. The molecule has 0 aromatic heterocycles. The number of carbonyl (C=O) groups is 1. The van der Waals surface area contributed by atoms with Crippen LogP contribution in [-0.2, 0) is 4.74 Å². The minimum atomic E-state index is -0.483. The summed E-state index contributed by atoms with van der Waals surface area (Å²) in [4.78, 5) is 18.0. The molecule has 0 bridgehead atoms. The monoisotopic (exact) mass is 300 g/mol. The van der Waals surface area contributed by atoms with Gasteiger partial charge in [0.25, 0.3) is 0 Å². The molecule has 0 heterocycles. The summed E-state index contributed by atoms with van der Waals surface area (Å²) in [5.41, 5.74) is 5.31. The zero-order valence-electron chi connectivity index (χ0n) is 14.4. The number of aliphatic imine (C=N–C) groups is 1. The van der Waals surface area contributed by atoms with Gasteiger partial charge in [0.05, 0.1) is 6.54 Å². The molecular weight excluding hydrogens is 268 g/mol. The first kappa shape index (κ1) is 19.5. The van der Waals surface area contributed by atoms with Crippen molar-refractivity contribution in [2.24, 2.45) is 10.7 Å². The molecule has 0 aliphatic carbocycles. The number of amides is 1. The van der Waals surface area contributed by atoms with Crippen molar-refractivity contribution in [3.05, 3.63) is 0 Å². The predicted molar refractivity (Wildman–Crippen MR) is 87.5 cm³/mol. The fraction of sp³-hybridized carbons (Fsp3) is 0.867. The smallest absolute Gasteiger partial charge is 0.410 e. The van der Waals surface area contributed by atoms with Crippen LogP contribution in [0.1, 0.15) is 54.4 Å². The normalized spacial score (nSPS) is 13.7. The Morgan fingerprint density at radius 2 is 1.95 bits per heavy atom. The number of carbonyl (C=O) groups excluding carboxylic acids is 1. The summed E-state index contributed by atoms with van der Waals surface area (Å²) in [5, 5.41) is 3.10. The highest BCUT2D eigenvalue weighted by atomic mass is 16.6. The number of hydrogen-bond donors (Lipinski definition) is 2. The number of nitrogens with zero attached hydrogens (tertiary/aromatic N) is 2. The Labute approximate surface area is 129 Å². The van der Waals surface area contributed by atoms with E-state index in [-0.39, 0.29) is 6.09 Å². The van der Waals surface area contributed by atoms with Crippen LogP contribution in [0, 0.1) is 0 Å². The SMILES string of the molecule is CCCN(CCN=C(N)NC(C)CC)C(=O)OC(C)(C)C. The fourth-order valence-corrected chi connectivity index (χ4v) is 1.58. The molecule has 0 aromatic rings. The van der Waals surface area contributed by atoms with Gasteiger partial charge in [0.2, 0.25) is 0 Å². The van der Waals surface area contributed by atoms with Crippen molar-refractivity contribution >= 4 is 12.1 Å². The summed E-state index contributed by atoms with van der Waals surface area (Å²) in [7, 11) is 0. The van der Waals surface area contributed by atoms with Gasteiger partial charge in [-0.15, -0.1) is 0 Å². The molecule has 1 amide bonds. The quantitative estimate of drug-likeness (QED) is 0.558. The van der Waals surface area contributed by atoms with Gasteiger partial charge in [-0.25, -0.2) is 4.79 Å². The van der Waals surface area contributed by atoms with E-state index in [9.17, 15) is 4.79 Å². The highest BCUT2D eigenvalue weighted by Crippen LogP contribution is 2.10. The van der Waals surface area contributed by atoms with Crippen LogP contribution in [0.25, 0.3) is 0 Å². The van der Waals surface area contributed by atoms with Crippen molar-refractivity contribution in [3.63, 3.8) is 0 Å². The molecule has 0 rings (SSSR count). The van der Waals surface area contributed by atoms with Gasteiger partial charge in [0.1, 0.15) is 5.60 Å². The Bertz CT molecular complexity index is 337. The number of ether oxygens (including phenoxy) is 1. The van der Waals surface area contributed by atoms with Gasteiger partial charge in [0.15, 0.2) is 5.96 Å². The maximum absolute atomic E-state index is 12.1. The third kappa shape index (κ3) is 9.98. The average Bonchev–Trinajstić information content (AvgIpc) is 2.35. The summed E-state index contributed by atoms with van der Waals surface area (Å²) < 4.78 is 5.38. The summed E-state index contributed by atoms with van der Waals surface area (Å²) in [6.07, 6.45) is 1.56. The van der Waals surface area contributed by atoms with E-state index in [0.29, 0.717) is 31.6 Å². The van der Waals surface area contributed by atoms with E-state index in [1.807, 2.05) is 34.6 Å². The van der Waals surface area contributed by atoms with E-state index < -0.39 is 5.60 Å². The summed E-state index contributed by atoms with van der Waals surface area (Å²) >= 11 is 0. The molecule has 6 nitrogen and oxygen atoms in total. The summed E-state index contributed by atoms with van der Waals surface area (Å²) in [6, 6.07) is 0.298. The number of nitrogens with one attached hydrogen (secondary N) is 1. The largest absolute Gasteiger partial charge is 0.444 e. The van der Waals surface area contributed by atoms with Gasteiger partial charge in [0, 0.05) is 19.1 Å². The molecule has 0 aromatic carbocycles. The van der Waals surface area contributed by atoms with Crippen LogP contribution in [0.2, 0.25) is 0 Å². The van der Waals surface area contributed by atoms with E-state index in [0.717, 1.165) is 12.8 Å². The zero-order valence-corrected chi connectivity index (χ0v) is 14.4. The standard InChI is InChI=1S/C15H32N4O2/c1-7-10-19(14(20)21-15(4,5)6)11-9-17-13(16)18-12(3)8-2/h12H,7-11H2,1-6H3,(H3,16,17,18). The first-order chi connectivity index (χ1) is 9.69. The first-order valence-electron chi connectivity index (χ1n) is 7.74. The highest BCUT2D eigenvalue weighted by molar-refractivity contribution is 5.78. The second-order valence-electron chi connectivity index (χ2n) is 6.19. The average molecular weight is 300 g/mol. The van der Waals surface area contributed by atoms with Gasteiger partial charge in [-0.05, 0) is 40.5 Å². The Hall–Kier alpha value is -1.46. The molecule has 0 aliphatic heterocycles. The lowest BCUT2D eigenvalue weighted by atomic mass is 10.2. The highest BCUT2D eigenvalue weighted by Gasteiger charge is 2.21. The zero-order chi connectivity index (χ0) is 16.5. The maximum Gasteiger partial charge on any atom is 0.410 e. The third-order valence-electron chi connectivity index (χ3n) is 2.80. The molecule has 0 radical (unpaired) electrons. The van der Waals surface area contributed by atoms with Crippen molar-refractivity contribution in [1.82, 2.24) is 10.2 Å². The Balaban J connectivity index is 4.39. The third-order valence-corrected chi connectivity index (χ3v) is 2.80. The van der Waals surface area contributed by atoms with Crippen molar-refractivity contribution in [2.75, 3.05) is 19.6 Å². The van der Waals surface area contributed by atoms with Gasteiger partial charge in [-0.1, -0.05) is 13.8 Å². The second kappa shape index (κ2) is 9.47. The van der Waals surface area contributed by atoms with E-state index in [4.69, 9.17) is 10.5 Å². The van der Waals surface area contributed by atoms with Gasteiger partial charge in [-0.2, -0.15) is 0 Å². The molecule has 0 saturated carbocycles. The van der Waals surface area contributed by atoms with E-state index in [1.165, 1.54) is 0 Å². The summed E-state index contributed by atoms with van der Waals surface area (Å²) in [6.45, 7) is 13.4. The van der Waals surface area contributed by atoms with Crippen LogP contribution in [-0.4, -0.2) is 48.2 Å². The maximum atomic E-state index is 12.1. The molecular formula is C15H32N4O2. The second-order valence-corrected chi connectivity index (χ2v) is 6.19. The van der Waals surface area contributed by atoms with E-state index in [1.54, 1.807) is 4.90 Å². The van der Waals surface area contributed by atoms with E-state index in [2.05, 4.69) is 17.2 Å². The topological polar surface area (TPSA) is 80.0 Å². The summed E-state index contributed by atoms with van der Waals surface area (Å²) in [5.74, 6) is 0.421. The molecule has 3 N–H and O–H groups in total. The lowest BCUT2D eigenvalue weighted by Gasteiger charge is -2.26. The fourth-order valence-electron chi connectivity index (χ4n) is 1.58. The van der Waals surface area contributed by atoms with Crippen LogP contribution < -0.4 is 11.1 Å². The predicted octanol–water partition coefficient (Wildman–Crippen LogP) is 2.34. The number of rotatable bonds is 7. The van der Waals surface area contributed by atoms with Crippen LogP contribution >= 0.6 is 0 Å². The van der Waals surface area contributed by atoms with Crippen molar-refractivity contribution in [3.8, 4) is 0 Å². The minimum absolute atomic E-state index is 0.298. The number of guanidine groups is 1. The van der Waals surface area contributed by atoms with Gasteiger partial charge >= 0.3 is 6.09 Å². The molecule has 124 valence electrons. The van der Waals surface area contributed by atoms with Crippen LogP contribution in [0.5, 0.6) is 0 Å². The number of nitrogens with two attached hydrogens (primary N) is 1. The Morgan fingerprint density at radius 1 is 1.33 bits per heavy atom. The van der Waals surface area contributed by atoms with Crippen molar-refractivity contribution in [1.29, 1.82) is 0 Å². The molecule has 21 heavy (non-hydrogen) atoms. The van der Waals surface area contributed by atoms with Crippen LogP contribution in [0.3, 0.4) is 0 Å². The lowest BCUT2D eigenvalue weighted by molar-refractivity contribution is 0.0256. The Kier molecular flexibility index (Phi) is 8.81. The first-order valence-corrected chi connectivity index (χ1v) is 7.74. The van der Waals surface area contributed by atoms with Gasteiger partial charge in [-0.3, -0.25) is 4.99 Å². The molecule has 0 fully saturated rings. The van der Waals surface area contributed by atoms with Crippen molar-refractivity contribution in [2.45, 2.75) is 66.0 Å². The molecule has 0 spiro atoms. The molecule has 1 unspecified atom stereocenters. The number of hydrogen-bond acceptors (Lipinski definition) is 3. The molecule has 0 aliphatic rings. The van der Waals surface area contributed by atoms with Crippen LogP contribution in [0.15, 0.2) is 4.99 Å². The molecule has 0 saturated heterocycles. The van der Waals surface area contributed by atoms with Gasteiger partial charge < -0.3 is 20.7 Å². The molecule has 1 atom stereocenters.